The van der Waals surface area contributed by atoms with Crippen LogP contribution in [-0.2, 0) is 0 Å². The number of halogens is 1. The molecule has 0 fully saturated rings. The minimum Gasteiger partial charge on any atom is -1.00 e. The van der Waals surface area contributed by atoms with Crippen LogP contribution in [0.2, 0.25) is 0 Å². The van der Waals surface area contributed by atoms with Gasteiger partial charge in [-0.3, -0.25) is 0 Å². The number of aliphatic hydroxyl groups is 2. The van der Waals surface area contributed by atoms with Gasteiger partial charge in [-0.2, -0.15) is 0 Å². The van der Waals surface area contributed by atoms with Crippen molar-refractivity contribution in [1.29, 1.82) is 0 Å². The number of hydrogen-bond acceptors (Lipinski definition) is 2. The number of quaternary nitrogens is 1. The summed E-state index contributed by atoms with van der Waals surface area (Å²) >= 11 is 0. The number of aliphatic hydroxyl groups excluding tert-OH is 1. The van der Waals surface area contributed by atoms with E-state index in [1.807, 2.05) is 44.2 Å². The molecule has 0 bridgehead atoms. The van der Waals surface area contributed by atoms with Crippen LogP contribution in [0, 0.1) is 5.41 Å². The summed E-state index contributed by atoms with van der Waals surface area (Å²) in [5, 5.41) is 22.8. The molecule has 3 nitrogen and oxygen atoms in total. The number of rotatable bonds is 6. The summed E-state index contributed by atoms with van der Waals surface area (Å²) in [7, 11) is 0. The first-order valence-corrected chi connectivity index (χ1v) is 7.44. The fourth-order valence-electron chi connectivity index (χ4n) is 2.08. The molecule has 122 valence electrons. The molecule has 1 aromatic rings. The van der Waals surface area contributed by atoms with Crippen LogP contribution in [0.1, 0.15) is 52.7 Å². The van der Waals surface area contributed by atoms with E-state index in [-0.39, 0.29) is 23.9 Å². The molecule has 4 heteroatoms. The van der Waals surface area contributed by atoms with Crippen LogP contribution in [-0.4, -0.2) is 28.4 Å². The quantitative estimate of drug-likeness (QED) is 0.622. The van der Waals surface area contributed by atoms with Crippen molar-refractivity contribution in [2.75, 3.05) is 6.54 Å². The fraction of sp³-hybridized carbons (Fsp3) is 0.647. The second kappa shape index (κ2) is 8.14. The van der Waals surface area contributed by atoms with E-state index >= 15 is 0 Å². The van der Waals surface area contributed by atoms with E-state index < -0.39 is 11.7 Å². The van der Waals surface area contributed by atoms with E-state index in [4.69, 9.17) is 0 Å². The van der Waals surface area contributed by atoms with Crippen molar-refractivity contribution in [3.05, 3.63) is 35.9 Å². The zero-order valence-electron chi connectivity index (χ0n) is 13.8. The highest BCUT2D eigenvalue weighted by Crippen LogP contribution is 2.31. The third-order valence-electron chi connectivity index (χ3n) is 4.42. The zero-order chi connectivity index (χ0) is 15.4. The van der Waals surface area contributed by atoms with E-state index in [9.17, 15) is 10.2 Å². The van der Waals surface area contributed by atoms with Crippen LogP contribution < -0.4 is 17.7 Å². The summed E-state index contributed by atoms with van der Waals surface area (Å²) in [6.07, 6.45) is 0.235. The van der Waals surface area contributed by atoms with E-state index in [2.05, 4.69) is 26.1 Å². The Bertz CT molecular complexity index is 401. The van der Waals surface area contributed by atoms with Crippen LogP contribution >= 0.6 is 0 Å². The maximum absolute atomic E-state index is 10.4. The third-order valence-corrected chi connectivity index (χ3v) is 4.42. The van der Waals surface area contributed by atoms with Crippen LogP contribution in [0.25, 0.3) is 0 Å². The highest BCUT2D eigenvalue weighted by Gasteiger charge is 2.35. The second-order valence-electron chi connectivity index (χ2n) is 7.01. The first-order chi connectivity index (χ1) is 9.15. The summed E-state index contributed by atoms with van der Waals surface area (Å²) in [4.78, 5) is 0. The summed E-state index contributed by atoms with van der Waals surface area (Å²) in [6, 6.07) is 9.80. The molecule has 0 aliphatic heterocycles. The van der Waals surface area contributed by atoms with Crippen LogP contribution in [0.3, 0.4) is 0 Å². The highest BCUT2D eigenvalue weighted by molar-refractivity contribution is 5.17. The van der Waals surface area contributed by atoms with Crippen LogP contribution in [0.5, 0.6) is 0 Å². The SMILES string of the molecule is CC([NH2+]CCC(C)(O)C(C)(C)C)C(O)c1ccccc1.[Cl-]. The van der Waals surface area contributed by atoms with E-state index in [0.717, 1.165) is 12.1 Å². The molecular weight excluding hydrogens is 286 g/mol. The second-order valence-corrected chi connectivity index (χ2v) is 7.01. The van der Waals surface area contributed by atoms with Gasteiger partial charge >= 0.3 is 0 Å². The van der Waals surface area contributed by atoms with Gasteiger partial charge in [-0.05, 0) is 24.8 Å². The van der Waals surface area contributed by atoms with Crippen LogP contribution in [0.4, 0.5) is 0 Å². The van der Waals surface area contributed by atoms with Crippen LogP contribution in [0.15, 0.2) is 30.3 Å². The first kappa shape index (κ1) is 20.4. The maximum Gasteiger partial charge on any atom is 0.130 e. The van der Waals surface area contributed by atoms with Gasteiger partial charge in [0.1, 0.15) is 12.1 Å². The number of hydrogen-bond donors (Lipinski definition) is 3. The topological polar surface area (TPSA) is 57.1 Å². The largest absolute Gasteiger partial charge is 1.00 e. The lowest BCUT2D eigenvalue weighted by Gasteiger charge is -2.37. The van der Waals surface area contributed by atoms with Gasteiger partial charge in [-0.15, -0.1) is 0 Å². The standard InChI is InChI=1S/C17H29NO2.ClH/c1-13(15(19)14-9-7-6-8-10-14)18-12-11-17(5,20)16(2,3)4;/h6-10,13,15,18-20H,11-12H2,1-5H3;1H. The summed E-state index contributed by atoms with van der Waals surface area (Å²) in [5.41, 5.74) is 0.113. The average Bonchev–Trinajstić information content (AvgIpc) is 2.37. The smallest absolute Gasteiger partial charge is 0.130 e. The molecule has 0 aliphatic carbocycles. The number of benzene rings is 1. The van der Waals surface area contributed by atoms with Gasteiger partial charge in [-0.1, -0.05) is 51.1 Å². The van der Waals surface area contributed by atoms with Crippen molar-refractivity contribution in [3.63, 3.8) is 0 Å². The Morgan fingerprint density at radius 2 is 1.62 bits per heavy atom. The Kier molecular flexibility index (Phi) is 7.90. The summed E-state index contributed by atoms with van der Waals surface area (Å²) in [6.45, 7) is 10.9. The molecule has 1 aromatic carbocycles. The molecule has 0 aliphatic rings. The molecule has 1 rings (SSSR count). The van der Waals surface area contributed by atoms with Crippen molar-refractivity contribution < 1.29 is 27.9 Å². The van der Waals surface area contributed by atoms with Gasteiger partial charge in [0.05, 0.1) is 12.1 Å². The minimum atomic E-state index is -0.694. The van der Waals surface area contributed by atoms with Crippen molar-refractivity contribution in [2.45, 2.75) is 58.8 Å². The lowest BCUT2D eigenvalue weighted by atomic mass is 9.76. The van der Waals surface area contributed by atoms with Crippen molar-refractivity contribution >= 4 is 0 Å². The molecular formula is C17H30ClNO2. The predicted octanol–water partition coefficient (Wildman–Crippen LogP) is -1.14. The fourth-order valence-corrected chi connectivity index (χ4v) is 2.08. The highest BCUT2D eigenvalue weighted by atomic mass is 35.5. The molecule has 0 heterocycles. The lowest BCUT2D eigenvalue weighted by molar-refractivity contribution is -0.696. The van der Waals surface area contributed by atoms with Crippen molar-refractivity contribution in [1.82, 2.24) is 0 Å². The third kappa shape index (κ3) is 5.95. The van der Waals surface area contributed by atoms with Gasteiger partial charge in [0.15, 0.2) is 0 Å². The normalized spacial score (nSPS) is 17.5. The van der Waals surface area contributed by atoms with Gasteiger partial charge in [0.2, 0.25) is 0 Å². The Hall–Kier alpha value is -0.610. The molecule has 0 aromatic heterocycles. The molecule has 4 N–H and O–H groups in total. The minimum absolute atomic E-state index is 0. The zero-order valence-corrected chi connectivity index (χ0v) is 14.6. The van der Waals surface area contributed by atoms with E-state index in [0.29, 0.717) is 6.42 Å². The predicted molar refractivity (Wildman–Crippen MR) is 82.4 cm³/mol. The Balaban J connectivity index is 0.00000400. The molecule has 0 saturated carbocycles. The summed E-state index contributed by atoms with van der Waals surface area (Å²) in [5.74, 6) is 0. The molecule has 0 spiro atoms. The first-order valence-electron chi connectivity index (χ1n) is 7.44. The molecule has 3 unspecified atom stereocenters. The van der Waals surface area contributed by atoms with Gasteiger partial charge in [0.25, 0.3) is 0 Å². The average molecular weight is 316 g/mol. The van der Waals surface area contributed by atoms with Gasteiger partial charge in [0, 0.05) is 6.42 Å². The van der Waals surface area contributed by atoms with E-state index in [1.54, 1.807) is 0 Å². The van der Waals surface area contributed by atoms with Gasteiger partial charge < -0.3 is 27.9 Å². The Labute approximate surface area is 135 Å². The molecule has 21 heavy (non-hydrogen) atoms. The Morgan fingerprint density at radius 1 is 1.10 bits per heavy atom. The van der Waals surface area contributed by atoms with Crippen molar-refractivity contribution in [2.24, 2.45) is 5.41 Å². The van der Waals surface area contributed by atoms with Gasteiger partial charge in [-0.25, -0.2) is 0 Å². The van der Waals surface area contributed by atoms with E-state index in [1.165, 1.54) is 0 Å². The Morgan fingerprint density at radius 3 is 2.10 bits per heavy atom. The maximum atomic E-state index is 10.4. The lowest BCUT2D eigenvalue weighted by Crippen LogP contribution is -3.00. The molecule has 0 saturated heterocycles. The summed E-state index contributed by atoms with van der Waals surface area (Å²) < 4.78 is 0. The van der Waals surface area contributed by atoms with Crippen molar-refractivity contribution in [3.8, 4) is 0 Å². The number of nitrogens with two attached hydrogens (primary N) is 1. The molecule has 3 atom stereocenters. The molecule has 0 radical (unpaired) electrons. The molecule has 0 amide bonds. The monoisotopic (exact) mass is 315 g/mol.